The monoisotopic (exact) mass is 285 g/mol. The maximum absolute atomic E-state index is 2.28. The van der Waals surface area contributed by atoms with Crippen LogP contribution in [0.15, 0.2) is 70.5 Å². The van der Waals surface area contributed by atoms with Gasteiger partial charge in [-0.05, 0) is 37.1 Å². The maximum atomic E-state index is 2.28. The van der Waals surface area contributed by atoms with Crippen molar-refractivity contribution < 1.29 is 0 Å². The van der Waals surface area contributed by atoms with Crippen LogP contribution in [0.25, 0.3) is 0 Å². The minimum absolute atomic E-state index is 0.243. The molecule has 0 radical (unpaired) electrons. The highest BCUT2D eigenvalue weighted by Crippen LogP contribution is 2.24. The third-order valence-corrected chi connectivity index (χ3v) is 5.89. The summed E-state index contributed by atoms with van der Waals surface area (Å²) in [6.07, 6.45) is 6.80. The lowest BCUT2D eigenvalue weighted by atomic mass is 10.2. The summed E-state index contributed by atoms with van der Waals surface area (Å²) in [6, 6.07) is 22.0. The van der Waals surface area contributed by atoms with Gasteiger partial charge in [-0.3, -0.25) is 0 Å². The van der Waals surface area contributed by atoms with Crippen molar-refractivity contribution in [1.29, 1.82) is 0 Å². The maximum Gasteiger partial charge on any atom is 0.160 e. The number of hydrogen-bond donors (Lipinski definition) is 0. The lowest BCUT2D eigenvalue weighted by Crippen LogP contribution is -2.08. The van der Waals surface area contributed by atoms with Crippen molar-refractivity contribution in [1.82, 2.24) is 0 Å². The summed E-state index contributed by atoms with van der Waals surface area (Å²) in [6.45, 7) is 2.28. The first-order valence-electron chi connectivity index (χ1n) is 7.73. The highest BCUT2D eigenvalue weighted by Gasteiger charge is 2.23. The van der Waals surface area contributed by atoms with Crippen molar-refractivity contribution in [3.05, 3.63) is 60.7 Å². The first-order chi connectivity index (χ1) is 9.92. The number of unbranched alkanes of at least 4 members (excludes halogenated alkanes) is 4. The normalized spacial score (nSPS) is 10.9. The molecule has 2 aromatic carbocycles. The van der Waals surface area contributed by atoms with Crippen LogP contribution in [0.4, 0.5) is 0 Å². The van der Waals surface area contributed by atoms with E-state index in [1.54, 1.807) is 0 Å². The molecule has 0 aliphatic carbocycles. The Morgan fingerprint density at radius 1 is 0.650 bits per heavy atom. The highest BCUT2D eigenvalue weighted by molar-refractivity contribution is 7.97. The minimum Gasteiger partial charge on any atom is -0.0654 e. The summed E-state index contributed by atoms with van der Waals surface area (Å²) >= 11 is 0. The van der Waals surface area contributed by atoms with Crippen LogP contribution in [0.3, 0.4) is 0 Å². The van der Waals surface area contributed by atoms with Crippen LogP contribution in [-0.2, 0) is 10.9 Å². The third kappa shape index (κ3) is 4.72. The molecule has 106 valence electrons. The number of rotatable bonds is 8. The van der Waals surface area contributed by atoms with Gasteiger partial charge in [0, 0.05) is 0 Å². The van der Waals surface area contributed by atoms with Crippen LogP contribution in [-0.4, -0.2) is 5.75 Å². The van der Waals surface area contributed by atoms with E-state index in [0.717, 1.165) is 0 Å². The molecular weight excluding hydrogens is 260 g/mol. The molecule has 0 saturated carbocycles. The Morgan fingerprint density at radius 2 is 1.15 bits per heavy atom. The number of benzene rings is 2. The summed E-state index contributed by atoms with van der Waals surface area (Å²) in [5, 5.41) is 0. The molecule has 0 bridgehead atoms. The van der Waals surface area contributed by atoms with Gasteiger partial charge in [-0.15, -0.1) is 0 Å². The smallest absolute Gasteiger partial charge is 0.0654 e. The predicted molar refractivity (Wildman–Crippen MR) is 90.4 cm³/mol. The third-order valence-electron chi connectivity index (χ3n) is 3.51. The summed E-state index contributed by atoms with van der Waals surface area (Å²) in [7, 11) is 0.243. The Bertz CT molecular complexity index is 424. The summed E-state index contributed by atoms with van der Waals surface area (Å²) in [4.78, 5) is 2.96. The fraction of sp³-hybridized carbons (Fsp3) is 0.368. The Kier molecular flexibility index (Phi) is 6.73. The molecule has 0 amide bonds. The molecule has 2 rings (SSSR count). The fourth-order valence-electron chi connectivity index (χ4n) is 2.39. The molecule has 0 spiro atoms. The van der Waals surface area contributed by atoms with Gasteiger partial charge in [0.25, 0.3) is 0 Å². The van der Waals surface area contributed by atoms with Crippen LogP contribution in [0.1, 0.15) is 39.0 Å². The van der Waals surface area contributed by atoms with E-state index in [-0.39, 0.29) is 10.9 Å². The zero-order chi connectivity index (χ0) is 14.0. The highest BCUT2D eigenvalue weighted by atomic mass is 32.2. The van der Waals surface area contributed by atoms with Crippen molar-refractivity contribution >= 4 is 10.9 Å². The Labute approximate surface area is 126 Å². The van der Waals surface area contributed by atoms with E-state index in [4.69, 9.17) is 0 Å². The van der Waals surface area contributed by atoms with Crippen molar-refractivity contribution in [3.8, 4) is 0 Å². The van der Waals surface area contributed by atoms with E-state index in [9.17, 15) is 0 Å². The second-order valence-corrected chi connectivity index (χ2v) is 7.27. The van der Waals surface area contributed by atoms with Crippen molar-refractivity contribution in [3.63, 3.8) is 0 Å². The van der Waals surface area contributed by atoms with Crippen molar-refractivity contribution in [2.75, 3.05) is 5.75 Å². The minimum atomic E-state index is 0.243. The van der Waals surface area contributed by atoms with Gasteiger partial charge in [-0.25, -0.2) is 0 Å². The quantitative estimate of drug-likeness (QED) is 0.431. The topological polar surface area (TPSA) is 0 Å². The second-order valence-electron chi connectivity index (χ2n) is 5.14. The molecule has 0 saturated heterocycles. The standard InChI is InChI=1S/C19H25S/c1-2-3-4-5-12-17-20(18-13-8-6-9-14-18)19-15-10-7-11-16-19/h6-11,13-16H,2-5,12,17H2,1H3/q+1. The second kappa shape index (κ2) is 8.86. The van der Waals surface area contributed by atoms with Crippen LogP contribution in [0, 0.1) is 0 Å². The Hall–Kier alpha value is -1.21. The van der Waals surface area contributed by atoms with Gasteiger partial charge < -0.3 is 0 Å². The van der Waals surface area contributed by atoms with E-state index in [2.05, 4.69) is 67.6 Å². The van der Waals surface area contributed by atoms with Crippen LogP contribution in [0.2, 0.25) is 0 Å². The van der Waals surface area contributed by atoms with E-state index < -0.39 is 0 Å². The van der Waals surface area contributed by atoms with Crippen LogP contribution >= 0.6 is 0 Å². The zero-order valence-corrected chi connectivity index (χ0v) is 13.2. The Balaban J connectivity index is 2.02. The lowest BCUT2D eigenvalue weighted by molar-refractivity contribution is 0.658. The van der Waals surface area contributed by atoms with Crippen LogP contribution < -0.4 is 0 Å². The molecule has 2 aromatic rings. The summed E-state index contributed by atoms with van der Waals surface area (Å²) < 4.78 is 0. The fourth-order valence-corrected chi connectivity index (χ4v) is 4.60. The van der Waals surface area contributed by atoms with Gasteiger partial charge in [0.05, 0.1) is 10.9 Å². The molecule has 0 unspecified atom stereocenters. The molecule has 0 aliphatic rings. The zero-order valence-electron chi connectivity index (χ0n) is 12.4. The van der Waals surface area contributed by atoms with E-state index >= 15 is 0 Å². The summed E-state index contributed by atoms with van der Waals surface area (Å²) in [5.41, 5.74) is 0. The predicted octanol–water partition coefficient (Wildman–Crippen LogP) is 5.69. The van der Waals surface area contributed by atoms with Gasteiger partial charge in [0.15, 0.2) is 9.79 Å². The van der Waals surface area contributed by atoms with E-state index in [0.29, 0.717) is 0 Å². The first-order valence-corrected chi connectivity index (χ1v) is 9.12. The van der Waals surface area contributed by atoms with Gasteiger partial charge in [-0.1, -0.05) is 62.6 Å². The Morgan fingerprint density at radius 3 is 1.65 bits per heavy atom. The number of hydrogen-bond acceptors (Lipinski definition) is 0. The molecule has 0 aliphatic heterocycles. The van der Waals surface area contributed by atoms with Gasteiger partial charge in [-0.2, -0.15) is 0 Å². The SMILES string of the molecule is CCCCCCC[S+](c1ccccc1)c1ccccc1. The molecule has 0 aromatic heterocycles. The largest absolute Gasteiger partial charge is 0.160 e. The molecule has 0 N–H and O–H groups in total. The molecule has 20 heavy (non-hydrogen) atoms. The lowest BCUT2D eigenvalue weighted by Gasteiger charge is -2.08. The first kappa shape index (κ1) is 15.2. The van der Waals surface area contributed by atoms with Crippen molar-refractivity contribution in [2.24, 2.45) is 0 Å². The molecule has 0 heterocycles. The average Bonchev–Trinajstić information content (AvgIpc) is 2.53. The van der Waals surface area contributed by atoms with E-state index in [1.165, 1.54) is 47.6 Å². The molecule has 0 nitrogen and oxygen atoms in total. The average molecular weight is 285 g/mol. The van der Waals surface area contributed by atoms with Gasteiger partial charge in [0.2, 0.25) is 0 Å². The molecule has 1 heteroatoms. The van der Waals surface area contributed by atoms with Crippen molar-refractivity contribution in [2.45, 2.75) is 48.8 Å². The van der Waals surface area contributed by atoms with Gasteiger partial charge >= 0.3 is 0 Å². The molecule has 0 fully saturated rings. The van der Waals surface area contributed by atoms with Gasteiger partial charge in [0.1, 0.15) is 5.75 Å². The molecular formula is C19H25S+. The summed E-state index contributed by atoms with van der Waals surface area (Å²) in [5.74, 6) is 1.29. The molecule has 0 atom stereocenters. The van der Waals surface area contributed by atoms with E-state index in [1.807, 2.05) is 0 Å². The van der Waals surface area contributed by atoms with Crippen LogP contribution in [0.5, 0.6) is 0 Å².